The lowest BCUT2D eigenvalue weighted by atomic mass is 9.27. The molecule has 0 radical (unpaired) electrons. The zero-order valence-electron chi connectivity index (χ0n) is 54.0. The first-order valence-electron chi connectivity index (χ1n) is 37.4. The van der Waals surface area contributed by atoms with Crippen LogP contribution in [0.1, 0.15) is 165 Å². The maximum absolute atomic E-state index is 17.6. The first-order chi connectivity index (χ1) is 44.7. The maximum Gasteiger partial charge on any atom is 0.339 e. The molecule has 31 atom stereocenters. The molecular weight excluding hydrogens is 1150 g/mol. The predicted octanol–water partition coefficient (Wildman–Crippen LogP) is 9.96. The van der Waals surface area contributed by atoms with E-state index in [9.17, 15) is 10.2 Å². The molecular formula is C79H94N2O11. The number of aryl methyl sites for hydroxylation is 1. The van der Waals surface area contributed by atoms with Gasteiger partial charge in [0.25, 0.3) is 0 Å². The van der Waals surface area contributed by atoms with Crippen molar-refractivity contribution in [3.8, 4) is 11.8 Å². The smallest absolute Gasteiger partial charge is 0.339 e. The monoisotopic (exact) mass is 1250 g/mol. The van der Waals surface area contributed by atoms with Crippen LogP contribution in [0.2, 0.25) is 0 Å². The van der Waals surface area contributed by atoms with Crippen molar-refractivity contribution >= 4 is 17.7 Å². The van der Waals surface area contributed by atoms with E-state index in [0.717, 1.165) is 95.0 Å². The molecule has 8 heterocycles. The summed E-state index contributed by atoms with van der Waals surface area (Å²) in [7, 11) is 0. The van der Waals surface area contributed by atoms with Crippen LogP contribution in [0.25, 0.3) is 0 Å². The Kier molecular flexibility index (Phi) is 10.7. The summed E-state index contributed by atoms with van der Waals surface area (Å²) in [5, 5.41) is 42.4. The van der Waals surface area contributed by atoms with Gasteiger partial charge < -0.3 is 43.6 Å². The van der Waals surface area contributed by atoms with Crippen LogP contribution >= 0.6 is 0 Å². The van der Waals surface area contributed by atoms with Crippen LogP contribution in [-0.4, -0.2) is 106 Å². The second kappa shape index (κ2) is 17.7. The van der Waals surface area contributed by atoms with Crippen LogP contribution in [0.4, 0.5) is 0 Å². The number of aliphatic hydroxyl groups is 3. The van der Waals surface area contributed by atoms with Crippen LogP contribution in [0.15, 0.2) is 64.9 Å². The van der Waals surface area contributed by atoms with E-state index in [1.165, 1.54) is 49.7 Å². The number of aliphatic hydroxyl groups excluding tert-OH is 3. The molecule has 1 aromatic carbocycles. The standard InChI is InChI=1S/C79H94N2O11/c1-70-24-20-51-33-50-21-25-73-27-26-72-23-6-9-48(72)16-13-46(62(72)73)32-56-54-35-71(2)77-49(18-14-47-38-88-59(60(47)77)34-53(58(83)37-82)44-15-19-52-45(31-44)22-28-81-40-80-36-57(52)81)17-12-43-11-10-42(29-41-7-4-3-5-8-41)30-55(43)76(79(71)67(90-79)69(87)91-77)63(54)74(64(70)61(84)66(76)85)39-89-68(86)65(75(50,56)73)78(51,74)92-70/h3-5,7-8,20,22,28,38,42-46,48-50,52-58,62-67,80,82-83,85H,6,9-11,13-16,18-19,21,23-27,29-37,39-40H2,1-2H3/t42-,43-,44-,45+,46+,48-,49+,50+,52-,53-,54-,55+,56-,57+,58+,62-,63+,64+,65-,66+,67+,70-,71-,72+,73-,74+,75-,76-,77-,78-,79+/m0/s1. The summed E-state index contributed by atoms with van der Waals surface area (Å²) in [5.74, 6) is 7.85. The van der Waals surface area contributed by atoms with Crippen molar-refractivity contribution in [3.63, 3.8) is 0 Å². The first kappa shape index (κ1) is 55.8. The molecule has 0 amide bonds. The zero-order chi connectivity index (χ0) is 61.4. The number of esters is 2. The van der Waals surface area contributed by atoms with Crippen LogP contribution in [0, 0.1) is 145 Å². The molecule has 486 valence electrons. The summed E-state index contributed by atoms with van der Waals surface area (Å²) in [5.41, 5.74) is -4.70. The Hall–Kier alpha value is -4.29. The minimum absolute atomic E-state index is 0.0240. The van der Waals surface area contributed by atoms with E-state index in [4.69, 9.17) is 23.4 Å². The number of ether oxygens (including phenoxy) is 4. The zero-order valence-corrected chi connectivity index (χ0v) is 54.0. The third-order valence-corrected chi connectivity index (χ3v) is 34.5. The summed E-state index contributed by atoms with van der Waals surface area (Å²) in [6.45, 7) is 6.11. The summed E-state index contributed by atoms with van der Waals surface area (Å²) in [6.07, 6.45) is 27.1. The molecule has 7 aliphatic heterocycles. The van der Waals surface area contributed by atoms with Gasteiger partial charge in [-0.15, -0.1) is 0 Å². The third kappa shape index (κ3) is 5.69. The second-order valence-corrected chi connectivity index (χ2v) is 36.0. The number of Topliss-reactive ketones (excluding diaryl/α,β-unsaturated/α-hetero) is 1. The van der Waals surface area contributed by atoms with Gasteiger partial charge in [0.05, 0.1) is 54.4 Å². The van der Waals surface area contributed by atoms with Crippen molar-refractivity contribution in [3.05, 3.63) is 83.0 Å². The van der Waals surface area contributed by atoms with E-state index >= 15 is 19.5 Å². The lowest BCUT2D eigenvalue weighted by Crippen LogP contribution is -2.84. The molecule has 1 aromatic heterocycles. The minimum atomic E-state index is -1.55. The molecule has 13 aliphatic carbocycles. The van der Waals surface area contributed by atoms with Gasteiger partial charge >= 0.3 is 11.9 Å². The molecule has 92 heavy (non-hydrogen) atoms. The van der Waals surface area contributed by atoms with Crippen LogP contribution < -0.4 is 5.32 Å². The van der Waals surface area contributed by atoms with E-state index in [2.05, 4.69) is 84.6 Å². The highest BCUT2D eigenvalue weighted by Crippen LogP contribution is 2.96. The van der Waals surface area contributed by atoms with Crippen molar-refractivity contribution < 1.29 is 53.1 Å². The number of ketones is 1. The fourth-order valence-electron chi connectivity index (χ4n) is 32.9. The van der Waals surface area contributed by atoms with Crippen molar-refractivity contribution in [1.29, 1.82) is 0 Å². The molecule has 13 nitrogen and oxygen atoms in total. The van der Waals surface area contributed by atoms with Crippen LogP contribution in [0.3, 0.4) is 0 Å². The van der Waals surface area contributed by atoms with E-state index in [0.29, 0.717) is 79.9 Å². The second-order valence-electron chi connectivity index (χ2n) is 36.0. The number of furan rings is 1. The SMILES string of the molecule is C[C@]12C[C@@H]3[C@@H]4[C@@]56COC(=O)[C@H]7[C@@]89[C@H](CC[C@@]8%10CC[C@]8%11CCC[C@H]8CC[C@H](C[C@@H]39)[C@@H]%11%10)CC3=CC[C@](C)(O[C@@]375)[C@H]6C(=O)[C@@H](O)[C@]43[C@@H]4C[C@H](Cc5ccccc5)CC[C@H]4C#C[C@@H]4CCc5coc(C[C@@H]([C@H]6CC[C@H]7[C@H](C=CN8CNC[C@H]78)C6)[C@H](O)CO)c5[C@@]41OC(=O)[C@H]1O[C@@]132. The highest BCUT2D eigenvalue weighted by molar-refractivity contribution is 5.94. The van der Waals surface area contributed by atoms with Gasteiger partial charge in [0, 0.05) is 41.3 Å². The quantitative estimate of drug-likeness (QED) is 0.0892. The molecule has 20 aliphatic rings. The van der Waals surface area contributed by atoms with Gasteiger partial charge in [0.2, 0.25) is 0 Å². The van der Waals surface area contributed by atoms with Crippen molar-refractivity contribution in [1.82, 2.24) is 10.2 Å². The van der Waals surface area contributed by atoms with Crippen LogP contribution in [-0.2, 0) is 58.2 Å². The molecule has 5 saturated heterocycles. The Bertz CT molecular complexity index is 3760. The summed E-state index contributed by atoms with van der Waals surface area (Å²) < 4.78 is 38.8. The molecule has 0 unspecified atom stereocenters. The number of hydrogen-bond donors (Lipinski definition) is 4. The molecule has 22 rings (SSSR count). The minimum Gasteiger partial charge on any atom is -0.469 e. The predicted molar refractivity (Wildman–Crippen MR) is 334 cm³/mol. The van der Waals surface area contributed by atoms with Crippen molar-refractivity contribution in [2.24, 2.45) is 133 Å². The lowest BCUT2D eigenvalue weighted by molar-refractivity contribution is -0.323. The average molecular weight is 1250 g/mol. The lowest BCUT2D eigenvalue weighted by Gasteiger charge is -2.75. The number of epoxide rings is 1. The summed E-state index contributed by atoms with van der Waals surface area (Å²) in [6, 6.07) is 11.3. The van der Waals surface area contributed by atoms with Gasteiger partial charge in [-0.2, -0.15) is 0 Å². The summed E-state index contributed by atoms with van der Waals surface area (Å²) >= 11 is 0. The fourth-order valence-corrected chi connectivity index (χ4v) is 32.9. The molecule has 11 saturated carbocycles. The van der Waals surface area contributed by atoms with E-state index in [-0.39, 0.29) is 83.1 Å². The number of nitrogens with zero attached hydrogens (tertiary/aromatic N) is 1. The summed E-state index contributed by atoms with van der Waals surface area (Å²) in [4.78, 5) is 53.4. The van der Waals surface area contributed by atoms with Gasteiger partial charge in [-0.05, 0) is 258 Å². The Morgan fingerprint density at radius 1 is 0.848 bits per heavy atom. The number of hydrogen-bond acceptors (Lipinski definition) is 13. The highest BCUT2D eigenvalue weighted by Gasteiger charge is 3.02. The van der Waals surface area contributed by atoms with Gasteiger partial charge in [0.15, 0.2) is 17.5 Å². The number of benzene rings is 1. The number of rotatable bonds is 7. The Labute approximate surface area is 541 Å². The molecule has 9 bridgehead atoms. The molecule has 13 heteroatoms. The molecule has 2 aromatic rings. The molecule has 8 spiro atoms. The number of cyclic esters (lactones) is 1. The Morgan fingerprint density at radius 3 is 2.62 bits per heavy atom. The third-order valence-electron chi connectivity index (χ3n) is 34.5. The average Bonchev–Trinajstić information content (AvgIpc) is 1.40. The maximum atomic E-state index is 17.6. The first-order valence-corrected chi connectivity index (χ1v) is 37.4. The molecule has 16 fully saturated rings. The van der Waals surface area contributed by atoms with E-state index < -0.39 is 92.0 Å². The van der Waals surface area contributed by atoms with Gasteiger partial charge in [-0.1, -0.05) is 67.7 Å². The number of carbonyl (C=O) groups excluding carboxylic acids is 3. The Morgan fingerprint density at radius 2 is 1.74 bits per heavy atom. The number of carbonyl (C=O) groups is 3. The topological polar surface area (TPSA) is 181 Å². The Balaban J connectivity index is 0.810. The normalized spacial score (nSPS) is 56.4. The van der Waals surface area contributed by atoms with Gasteiger partial charge in [0.1, 0.15) is 29.7 Å². The van der Waals surface area contributed by atoms with E-state index in [1.54, 1.807) is 0 Å². The van der Waals surface area contributed by atoms with Gasteiger partial charge in [-0.25, -0.2) is 4.79 Å². The van der Waals surface area contributed by atoms with E-state index in [1.807, 2.05) is 6.26 Å². The molecule has 4 N–H and O–H groups in total. The number of fused-ring (bicyclic) bond motifs is 8. The van der Waals surface area contributed by atoms with Crippen molar-refractivity contribution in [2.75, 3.05) is 26.4 Å². The van der Waals surface area contributed by atoms with Gasteiger partial charge in [-0.3, -0.25) is 14.9 Å². The number of allylic oxidation sites excluding steroid dienone is 1. The largest absolute Gasteiger partial charge is 0.469 e. The highest BCUT2D eigenvalue weighted by atomic mass is 16.7. The van der Waals surface area contributed by atoms with Crippen LogP contribution in [0.5, 0.6) is 0 Å². The number of nitrogens with one attached hydrogen (secondary N) is 1. The van der Waals surface area contributed by atoms with Crippen molar-refractivity contribution in [2.45, 2.75) is 208 Å². The fraction of sp³-hybridized carbons (Fsp3) is 0.759.